The van der Waals surface area contributed by atoms with Crippen LogP contribution in [-0.4, -0.2) is 26.7 Å². The average molecular weight is 407 g/mol. The van der Waals surface area contributed by atoms with Gasteiger partial charge in [-0.05, 0) is 22.6 Å². The quantitative estimate of drug-likeness (QED) is 0.470. The van der Waals surface area contributed by atoms with Gasteiger partial charge in [0.2, 0.25) is 0 Å². The maximum absolute atomic E-state index is 10.7. The lowest BCUT2D eigenvalue weighted by Gasteiger charge is -2.12. The lowest BCUT2D eigenvalue weighted by Crippen LogP contribution is -2.22. The number of aromatic nitrogens is 3. The fourth-order valence-electron chi connectivity index (χ4n) is 1.85. The van der Waals surface area contributed by atoms with E-state index in [0.29, 0.717) is 18.1 Å². The summed E-state index contributed by atoms with van der Waals surface area (Å²) in [6.07, 6.45) is 4.20. The number of aryl methyl sites for hydroxylation is 1. The second kappa shape index (κ2) is 6.40. The van der Waals surface area contributed by atoms with Crippen LogP contribution < -0.4 is 5.73 Å². The third-order valence-electron chi connectivity index (χ3n) is 2.75. The minimum absolute atomic E-state index is 0.423. The number of nitrogens with zero attached hydrogens (tertiary/aromatic N) is 3. The molecule has 1 unspecified atom stereocenters. The highest BCUT2D eigenvalue weighted by Crippen LogP contribution is 2.26. The highest BCUT2D eigenvalue weighted by Gasteiger charge is 2.14. The average Bonchev–Trinajstić information content (AvgIpc) is 2.72. The molecule has 6 nitrogen and oxygen atoms in total. The van der Waals surface area contributed by atoms with Crippen molar-refractivity contribution in [1.82, 2.24) is 14.5 Å². The van der Waals surface area contributed by atoms with Crippen molar-refractivity contribution >= 4 is 51.3 Å². The van der Waals surface area contributed by atoms with Gasteiger partial charge in [-0.2, -0.15) is 0 Å². The van der Waals surface area contributed by atoms with Gasteiger partial charge in [-0.1, -0.05) is 24.3 Å². The fourth-order valence-corrected chi connectivity index (χ4v) is 3.07. The molecule has 0 spiro atoms. The molecule has 2 N–H and O–H groups in total. The van der Waals surface area contributed by atoms with Crippen LogP contribution in [0, 0.1) is 3.57 Å². The molecule has 8 heteroatoms. The first kappa shape index (κ1) is 15.0. The highest BCUT2D eigenvalue weighted by molar-refractivity contribution is 14.1. The summed E-state index contributed by atoms with van der Waals surface area (Å²) < 4.78 is 7.81. The van der Waals surface area contributed by atoms with Gasteiger partial charge in [0.15, 0.2) is 0 Å². The molecule has 106 valence electrons. The van der Waals surface area contributed by atoms with Crippen molar-refractivity contribution in [1.29, 1.82) is 0 Å². The van der Waals surface area contributed by atoms with Gasteiger partial charge in [0, 0.05) is 22.7 Å². The Hall–Kier alpha value is -1.35. The lowest BCUT2D eigenvalue weighted by molar-refractivity contribution is 0.123. The maximum Gasteiger partial charge on any atom is 0.405 e. The first-order valence-corrected chi connectivity index (χ1v) is 7.22. The predicted octanol–water partition coefficient (Wildman–Crippen LogP) is 2.73. The zero-order valence-electron chi connectivity index (χ0n) is 10.4. The first-order chi connectivity index (χ1) is 9.52. The Morgan fingerprint density at radius 2 is 2.40 bits per heavy atom. The molecule has 2 heterocycles. The Labute approximate surface area is 134 Å². The van der Waals surface area contributed by atoms with Gasteiger partial charge in [0.25, 0.3) is 0 Å². The number of hydrogen-bond donors (Lipinski definition) is 1. The largest absolute Gasteiger partial charge is 0.442 e. The molecule has 1 amide bonds. The van der Waals surface area contributed by atoms with Crippen molar-refractivity contribution in [3.63, 3.8) is 0 Å². The van der Waals surface area contributed by atoms with Crippen LogP contribution in [0.3, 0.4) is 0 Å². The summed E-state index contributed by atoms with van der Waals surface area (Å²) in [6, 6.07) is 0. The van der Waals surface area contributed by atoms with Gasteiger partial charge in [-0.15, -0.1) is 0 Å². The molecule has 2 aromatic rings. The molecule has 0 aliphatic heterocycles. The van der Waals surface area contributed by atoms with Gasteiger partial charge in [0.1, 0.15) is 23.2 Å². The maximum atomic E-state index is 10.7. The van der Waals surface area contributed by atoms with E-state index in [1.54, 1.807) is 6.08 Å². The molecule has 0 bridgehead atoms. The molecule has 1 atom stereocenters. The van der Waals surface area contributed by atoms with E-state index in [9.17, 15) is 4.79 Å². The zero-order chi connectivity index (χ0) is 14.7. The van der Waals surface area contributed by atoms with Crippen LogP contribution in [0.2, 0.25) is 5.15 Å². The van der Waals surface area contributed by atoms with Crippen molar-refractivity contribution in [3.8, 4) is 0 Å². The van der Waals surface area contributed by atoms with Crippen molar-refractivity contribution in [3.05, 3.63) is 33.9 Å². The minimum atomic E-state index is -0.813. The predicted molar refractivity (Wildman–Crippen MR) is 84.5 cm³/mol. The van der Waals surface area contributed by atoms with E-state index in [1.807, 2.05) is 10.8 Å². The summed E-state index contributed by atoms with van der Waals surface area (Å²) in [5, 5.41) is 1.24. The molecule has 2 aromatic heterocycles. The smallest absolute Gasteiger partial charge is 0.405 e. The molecular weight excluding hydrogens is 395 g/mol. The molecular formula is C12H12ClIN4O2. The number of ether oxygens (including phenoxy) is 1. The third kappa shape index (κ3) is 3.21. The number of fused-ring (bicyclic) bond motifs is 1. The Kier molecular flexibility index (Phi) is 4.81. The van der Waals surface area contributed by atoms with E-state index in [-0.39, 0.29) is 0 Å². The number of carbonyl (C=O) groups is 1. The zero-order valence-corrected chi connectivity index (χ0v) is 13.3. The summed E-state index contributed by atoms with van der Waals surface area (Å²) in [5.74, 6) is 0. The fraction of sp³-hybridized carbons (Fsp3) is 0.250. The van der Waals surface area contributed by atoms with E-state index in [4.69, 9.17) is 22.1 Å². The van der Waals surface area contributed by atoms with Crippen molar-refractivity contribution in [2.24, 2.45) is 5.73 Å². The molecule has 0 saturated carbocycles. The van der Waals surface area contributed by atoms with E-state index in [0.717, 1.165) is 14.6 Å². The Morgan fingerprint density at radius 1 is 1.65 bits per heavy atom. The third-order valence-corrected chi connectivity index (χ3v) is 3.85. The Morgan fingerprint density at radius 3 is 3.05 bits per heavy atom. The molecule has 0 saturated heterocycles. The van der Waals surface area contributed by atoms with E-state index in [1.165, 1.54) is 6.33 Å². The highest BCUT2D eigenvalue weighted by atomic mass is 127. The summed E-state index contributed by atoms with van der Waals surface area (Å²) in [4.78, 5) is 18.9. The number of carbonyl (C=O) groups excluding carboxylic acids is 1. The normalized spacial score (nSPS) is 12.3. The lowest BCUT2D eigenvalue weighted by atomic mass is 10.2. The van der Waals surface area contributed by atoms with Gasteiger partial charge in [-0.3, -0.25) is 0 Å². The van der Waals surface area contributed by atoms with Crippen molar-refractivity contribution in [2.75, 3.05) is 0 Å². The van der Waals surface area contributed by atoms with E-state index >= 15 is 0 Å². The second-order valence-electron chi connectivity index (χ2n) is 4.03. The van der Waals surface area contributed by atoms with Gasteiger partial charge in [0.05, 0.1) is 5.39 Å². The molecule has 0 fully saturated rings. The Bertz CT molecular complexity index is 658. The SMILES string of the molecule is C=CC(CCn1cc(I)c2c(Cl)ncnc21)OC(N)=O. The summed E-state index contributed by atoms with van der Waals surface area (Å²) >= 11 is 8.24. The molecule has 0 aliphatic rings. The molecule has 2 rings (SSSR count). The van der Waals surface area contributed by atoms with Gasteiger partial charge >= 0.3 is 6.09 Å². The minimum Gasteiger partial charge on any atom is -0.442 e. The number of hydrogen-bond acceptors (Lipinski definition) is 4. The second-order valence-corrected chi connectivity index (χ2v) is 5.55. The topological polar surface area (TPSA) is 83.0 Å². The monoisotopic (exact) mass is 406 g/mol. The molecule has 0 aromatic carbocycles. The van der Waals surface area contributed by atoms with Crippen LogP contribution in [0.5, 0.6) is 0 Å². The van der Waals surface area contributed by atoms with Crippen LogP contribution in [0.15, 0.2) is 25.2 Å². The van der Waals surface area contributed by atoms with Crippen molar-refractivity contribution in [2.45, 2.75) is 19.1 Å². The Balaban J connectivity index is 2.20. The van der Waals surface area contributed by atoms with Gasteiger partial charge in [-0.25, -0.2) is 14.8 Å². The standard InChI is InChI=1S/C12H12ClIN4O2/c1-2-7(20-12(15)19)3-4-18-5-8(14)9-10(13)16-6-17-11(9)18/h2,5-7H,1,3-4H2,(H2,15,19). The number of nitrogens with two attached hydrogens (primary N) is 1. The number of primary amides is 1. The molecule has 20 heavy (non-hydrogen) atoms. The number of rotatable bonds is 5. The van der Waals surface area contributed by atoms with Crippen LogP contribution >= 0.6 is 34.2 Å². The van der Waals surface area contributed by atoms with Crippen LogP contribution in [-0.2, 0) is 11.3 Å². The first-order valence-electron chi connectivity index (χ1n) is 5.76. The van der Waals surface area contributed by atoms with Crippen LogP contribution in [0.1, 0.15) is 6.42 Å². The van der Waals surface area contributed by atoms with Crippen molar-refractivity contribution < 1.29 is 9.53 Å². The summed E-state index contributed by atoms with van der Waals surface area (Å²) in [5.41, 5.74) is 5.74. The van der Waals surface area contributed by atoms with E-state index < -0.39 is 12.2 Å². The molecule has 0 aliphatic carbocycles. The molecule has 0 radical (unpaired) electrons. The summed E-state index contributed by atoms with van der Waals surface area (Å²) in [6.45, 7) is 4.21. The van der Waals surface area contributed by atoms with Crippen LogP contribution in [0.4, 0.5) is 4.79 Å². The van der Waals surface area contributed by atoms with Gasteiger partial charge < -0.3 is 15.0 Å². The van der Waals surface area contributed by atoms with E-state index in [2.05, 4.69) is 39.1 Å². The number of amides is 1. The summed E-state index contributed by atoms with van der Waals surface area (Å²) in [7, 11) is 0. The number of halogens is 2. The van der Waals surface area contributed by atoms with Crippen LogP contribution in [0.25, 0.3) is 11.0 Å².